The lowest BCUT2D eigenvalue weighted by molar-refractivity contribution is 0.950. The minimum Gasteiger partial charge on any atom is -0.399 e. The van der Waals surface area contributed by atoms with E-state index < -0.39 is 0 Å². The molecule has 6 heteroatoms. The molecule has 90 valence electrons. The van der Waals surface area contributed by atoms with Crippen molar-refractivity contribution in [3.63, 3.8) is 0 Å². The van der Waals surface area contributed by atoms with Crippen LogP contribution in [0.3, 0.4) is 0 Å². The maximum absolute atomic E-state index is 5.78. The fourth-order valence-corrected chi connectivity index (χ4v) is 4.06. The Kier molecular flexibility index (Phi) is 4.31. The fourth-order valence-electron chi connectivity index (χ4n) is 1.36. The number of nitrogens with two attached hydrogens (primary N) is 1. The molecule has 0 spiro atoms. The highest BCUT2D eigenvalue weighted by Gasteiger charge is 2.11. The summed E-state index contributed by atoms with van der Waals surface area (Å²) in [6, 6.07) is 7.98. The van der Waals surface area contributed by atoms with E-state index in [1.54, 1.807) is 34.9 Å². The van der Waals surface area contributed by atoms with Crippen molar-refractivity contribution in [1.82, 2.24) is 10.2 Å². The Morgan fingerprint density at radius 2 is 2.06 bits per heavy atom. The molecular formula is C11H13N3S3. The third kappa shape index (κ3) is 3.37. The average molecular weight is 283 g/mol. The van der Waals surface area contributed by atoms with Crippen molar-refractivity contribution in [3.05, 3.63) is 29.8 Å². The Morgan fingerprint density at radius 3 is 2.71 bits per heavy atom. The molecule has 0 aliphatic heterocycles. The molecule has 2 aromatic rings. The molecule has 3 nitrogen and oxygen atoms in total. The lowest BCUT2D eigenvalue weighted by Crippen LogP contribution is -1.91. The third-order valence-electron chi connectivity index (χ3n) is 2.22. The molecule has 0 saturated carbocycles. The van der Waals surface area contributed by atoms with E-state index in [2.05, 4.69) is 23.2 Å². The Labute approximate surface area is 113 Å². The molecule has 0 fully saturated rings. The zero-order valence-corrected chi connectivity index (χ0v) is 12.0. The number of benzene rings is 1. The zero-order chi connectivity index (χ0) is 12.3. The minimum absolute atomic E-state index is 0.334. The molecule has 0 bridgehead atoms. The van der Waals surface area contributed by atoms with Gasteiger partial charge in [-0.05, 0) is 30.9 Å². The van der Waals surface area contributed by atoms with Crippen LogP contribution in [0.2, 0.25) is 0 Å². The SMILES string of the molecule is CSc1nnc(SC(C)c2cccc(N)c2)s1. The van der Waals surface area contributed by atoms with Crippen LogP contribution in [0.25, 0.3) is 0 Å². The number of thioether (sulfide) groups is 2. The molecule has 1 atom stereocenters. The van der Waals surface area contributed by atoms with Gasteiger partial charge in [-0.3, -0.25) is 0 Å². The molecule has 0 radical (unpaired) electrons. The first-order valence-corrected chi connectivity index (χ1v) is 8.00. The van der Waals surface area contributed by atoms with E-state index >= 15 is 0 Å². The van der Waals surface area contributed by atoms with Gasteiger partial charge in [-0.25, -0.2) is 0 Å². The van der Waals surface area contributed by atoms with Crippen LogP contribution in [0.5, 0.6) is 0 Å². The average Bonchev–Trinajstić information content (AvgIpc) is 2.77. The summed E-state index contributed by atoms with van der Waals surface area (Å²) < 4.78 is 2.01. The van der Waals surface area contributed by atoms with E-state index in [1.807, 2.05) is 24.5 Å². The van der Waals surface area contributed by atoms with Gasteiger partial charge in [-0.1, -0.05) is 47.0 Å². The van der Waals surface area contributed by atoms with Gasteiger partial charge in [-0.15, -0.1) is 10.2 Å². The van der Waals surface area contributed by atoms with Crippen LogP contribution in [0.15, 0.2) is 32.9 Å². The number of rotatable bonds is 4. The third-order valence-corrected chi connectivity index (χ3v) is 5.36. The van der Waals surface area contributed by atoms with Gasteiger partial charge >= 0.3 is 0 Å². The highest BCUT2D eigenvalue weighted by molar-refractivity contribution is 8.03. The highest BCUT2D eigenvalue weighted by atomic mass is 32.2. The summed E-state index contributed by atoms with van der Waals surface area (Å²) in [5, 5.41) is 8.57. The van der Waals surface area contributed by atoms with E-state index in [-0.39, 0.29) is 0 Å². The monoisotopic (exact) mass is 283 g/mol. The zero-order valence-electron chi connectivity index (χ0n) is 9.58. The van der Waals surface area contributed by atoms with Crippen molar-refractivity contribution in [1.29, 1.82) is 0 Å². The van der Waals surface area contributed by atoms with Crippen LogP contribution in [0, 0.1) is 0 Å². The Hall–Kier alpha value is -0.720. The smallest absolute Gasteiger partial charge is 0.175 e. The first-order chi connectivity index (χ1) is 8.19. The topological polar surface area (TPSA) is 51.8 Å². The van der Waals surface area contributed by atoms with Crippen LogP contribution in [-0.4, -0.2) is 16.5 Å². The number of anilines is 1. The molecule has 1 aromatic heterocycles. The van der Waals surface area contributed by atoms with Crippen LogP contribution in [-0.2, 0) is 0 Å². The van der Waals surface area contributed by atoms with Gasteiger partial charge in [-0.2, -0.15) is 0 Å². The van der Waals surface area contributed by atoms with Crippen molar-refractivity contribution in [3.8, 4) is 0 Å². The Morgan fingerprint density at radius 1 is 1.29 bits per heavy atom. The number of aromatic nitrogens is 2. The number of nitrogens with zero attached hydrogens (tertiary/aromatic N) is 2. The minimum atomic E-state index is 0.334. The second kappa shape index (κ2) is 5.75. The van der Waals surface area contributed by atoms with Gasteiger partial charge in [0.1, 0.15) is 0 Å². The van der Waals surface area contributed by atoms with Crippen molar-refractivity contribution in [2.45, 2.75) is 20.9 Å². The Balaban J connectivity index is 2.08. The van der Waals surface area contributed by atoms with Crippen LogP contribution in [0.4, 0.5) is 5.69 Å². The quantitative estimate of drug-likeness (QED) is 0.685. The molecule has 0 aliphatic carbocycles. The lowest BCUT2D eigenvalue weighted by atomic mass is 10.1. The van der Waals surface area contributed by atoms with E-state index in [9.17, 15) is 0 Å². The summed E-state index contributed by atoms with van der Waals surface area (Å²) in [7, 11) is 0. The molecule has 1 unspecified atom stereocenters. The summed E-state index contributed by atoms with van der Waals surface area (Å²) in [5.41, 5.74) is 7.80. The van der Waals surface area contributed by atoms with Gasteiger partial charge in [0.25, 0.3) is 0 Å². The summed E-state index contributed by atoms with van der Waals surface area (Å²) >= 11 is 4.98. The van der Waals surface area contributed by atoms with Crippen molar-refractivity contribution in [2.75, 3.05) is 12.0 Å². The van der Waals surface area contributed by atoms with Crippen LogP contribution < -0.4 is 5.73 Å². The number of hydrogen-bond donors (Lipinski definition) is 1. The molecule has 0 saturated heterocycles. The predicted octanol–water partition coefficient (Wildman–Crippen LogP) is 3.70. The van der Waals surface area contributed by atoms with Crippen molar-refractivity contribution >= 4 is 40.5 Å². The molecule has 1 aromatic carbocycles. The second-order valence-electron chi connectivity index (χ2n) is 3.47. The van der Waals surface area contributed by atoms with E-state index in [0.717, 1.165) is 14.4 Å². The fraction of sp³-hybridized carbons (Fsp3) is 0.273. The normalized spacial score (nSPS) is 12.6. The van der Waals surface area contributed by atoms with Crippen molar-refractivity contribution in [2.24, 2.45) is 0 Å². The van der Waals surface area contributed by atoms with E-state index in [4.69, 9.17) is 5.73 Å². The summed E-state index contributed by atoms with van der Waals surface area (Å²) in [6.07, 6.45) is 2.01. The van der Waals surface area contributed by atoms with Crippen molar-refractivity contribution < 1.29 is 0 Å². The largest absolute Gasteiger partial charge is 0.399 e. The molecule has 17 heavy (non-hydrogen) atoms. The summed E-state index contributed by atoms with van der Waals surface area (Å²) in [4.78, 5) is 0. The van der Waals surface area contributed by atoms with E-state index in [0.29, 0.717) is 5.25 Å². The first-order valence-electron chi connectivity index (χ1n) is 5.08. The summed E-state index contributed by atoms with van der Waals surface area (Å²) in [6.45, 7) is 2.15. The van der Waals surface area contributed by atoms with Gasteiger partial charge in [0, 0.05) is 10.9 Å². The lowest BCUT2D eigenvalue weighted by Gasteiger charge is -2.09. The number of hydrogen-bond acceptors (Lipinski definition) is 6. The maximum atomic E-state index is 5.78. The summed E-state index contributed by atoms with van der Waals surface area (Å²) in [5.74, 6) is 0. The molecule has 2 rings (SSSR count). The predicted molar refractivity (Wildman–Crippen MR) is 76.8 cm³/mol. The molecule has 2 N–H and O–H groups in total. The van der Waals surface area contributed by atoms with E-state index in [1.165, 1.54) is 5.56 Å². The highest BCUT2D eigenvalue weighted by Crippen LogP contribution is 2.37. The molecule has 1 heterocycles. The van der Waals surface area contributed by atoms with Crippen LogP contribution in [0.1, 0.15) is 17.7 Å². The Bertz CT molecular complexity index is 498. The molecule has 0 amide bonds. The molecular weight excluding hydrogens is 270 g/mol. The van der Waals surface area contributed by atoms with Gasteiger partial charge < -0.3 is 5.73 Å². The molecule has 0 aliphatic rings. The number of nitrogen functional groups attached to an aromatic ring is 1. The second-order valence-corrected chi connectivity index (χ2v) is 7.09. The van der Waals surface area contributed by atoms with Gasteiger partial charge in [0.15, 0.2) is 8.68 Å². The standard InChI is InChI=1S/C11H13N3S3/c1-7(8-4-3-5-9(12)6-8)16-11-14-13-10(15-2)17-11/h3-7H,12H2,1-2H3. The maximum Gasteiger partial charge on any atom is 0.175 e. The van der Waals surface area contributed by atoms with Gasteiger partial charge in [0.2, 0.25) is 0 Å². The van der Waals surface area contributed by atoms with Gasteiger partial charge in [0.05, 0.1) is 0 Å². The first kappa shape index (κ1) is 12.7. The van der Waals surface area contributed by atoms with Crippen LogP contribution >= 0.6 is 34.9 Å².